The third-order valence-electron chi connectivity index (χ3n) is 9.01. The van der Waals surface area contributed by atoms with E-state index in [-0.39, 0.29) is 5.41 Å². The molecule has 7 aromatic carbocycles. The van der Waals surface area contributed by atoms with Crippen LogP contribution in [-0.2, 0) is 5.41 Å². The summed E-state index contributed by atoms with van der Waals surface area (Å²) in [5.41, 5.74) is 9.76. The molecule has 9 rings (SSSR count). The molecule has 0 amide bonds. The molecular weight excluding hydrogens is 460 g/mol. The van der Waals surface area contributed by atoms with Crippen LogP contribution in [0.3, 0.4) is 0 Å². The van der Waals surface area contributed by atoms with Crippen LogP contribution in [0, 0.1) is 0 Å². The normalized spacial score (nSPS) is 14.3. The number of hydrogen-bond donors (Lipinski definition) is 0. The van der Waals surface area contributed by atoms with Crippen LogP contribution in [0.25, 0.3) is 76.5 Å². The lowest BCUT2D eigenvalue weighted by molar-refractivity contribution is 0.647. The van der Waals surface area contributed by atoms with Crippen molar-refractivity contribution in [1.82, 2.24) is 0 Å². The molecule has 0 unspecified atom stereocenters. The summed E-state index contributed by atoms with van der Waals surface area (Å²) in [5, 5.41) is 10.3. The van der Waals surface area contributed by atoms with Crippen LogP contribution in [0.1, 0.15) is 25.0 Å². The zero-order valence-corrected chi connectivity index (χ0v) is 21.3. The molecular formula is C37H24O. The van der Waals surface area contributed by atoms with Crippen molar-refractivity contribution >= 4 is 54.3 Å². The van der Waals surface area contributed by atoms with E-state index in [0.717, 1.165) is 11.2 Å². The molecule has 0 N–H and O–H groups in total. The predicted octanol–water partition coefficient (Wildman–Crippen LogP) is 10.5. The van der Waals surface area contributed by atoms with Gasteiger partial charge in [0.1, 0.15) is 11.2 Å². The predicted molar refractivity (Wildman–Crippen MR) is 160 cm³/mol. The number of fused-ring (bicyclic) bond motifs is 6. The number of hydrogen-bond acceptors (Lipinski definition) is 1. The van der Waals surface area contributed by atoms with Crippen LogP contribution >= 0.6 is 0 Å². The summed E-state index contributed by atoms with van der Waals surface area (Å²) >= 11 is 0. The van der Waals surface area contributed by atoms with E-state index in [2.05, 4.69) is 123 Å². The van der Waals surface area contributed by atoms with E-state index >= 15 is 0 Å². The standard InChI is InChI=1S/C37H24O/c1-37(2)28-12-5-3-10-26(28)34-29(37)20-31-35(27-11-4-6-13-30(27)38-31)36(34)25-19-17-23-15-14-21-8-7-9-22-16-18-24(25)33(23)32(21)22/h3-20H,1-2H3. The molecule has 0 bridgehead atoms. The molecule has 38 heavy (non-hydrogen) atoms. The molecule has 1 aliphatic rings. The van der Waals surface area contributed by atoms with E-state index in [4.69, 9.17) is 4.42 Å². The van der Waals surface area contributed by atoms with Gasteiger partial charge >= 0.3 is 0 Å². The molecule has 1 aliphatic carbocycles. The maximum atomic E-state index is 6.56. The number of para-hydroxylation sites is 1. The van der Waals surface area contributed by atoms with Crippen molar-refractivity contribution in [2.75, 3.05) is 0 Å². The summed E-state index contributed by atoms with van der Waals surface area (Å²) in [4.78, 5) is 0. The van der Waals surface area contributed by atoms with Crippen LogP contribution < -0.4 is 0 Å². The lowest BCUT2D eigenvalue weighted by Gasteiger charge is -2.22. The largest absolute Gasteiger partial charge is 0.456 e. The summed E-state index contributed by atoms with van der Waals surface area (Å²) in [6.07, 6.45) is 0. The Morgan fingerprint density at radius 2 is 1.18 bits per heavy atom. The van der Waals surface area contributed by atoms with Crippen molar-refractivity contribution in [1.29, 1.82) is 0 Å². The van der Waals surface area contributed by atoms with E-state index in [1.807, 2.05) is 0 Å². The van der Waals surface area contributed by atoms with Crippen molar-refractivity contribution in [3.63, 3.8) is 0 Å². The van der Waals surface area contributed by atoms with Crippen LogP contribution in [0.15, 0.2) is 114 Å². The van der Waals surface area contributed by atoms with E-state index in [9.17, 15) is 0 Å². The van der Waals surface area contributed by atoms with Crippen molar-refractivity contribution in [2.24, 2.45) is 0 Å². The van der Waals surface area contributed by atoms with Gasteiger partial charge in [0.05, 0.1) is 0 Å². The molecule has 1 nitrogen and oxygen atoms in total. The quantitative estimate of drug-likeness (QED) is 0.211. The van der Waals surface area contributed by atoms with Gasteiger partial charge in [-0.05, 0) is 72.3 Å². The van der Waals surface area contributed by atoms with E-state index in [1.54, 1.807) is 0 Å². The summed E-state index contributed by atoms with van der Waals surface area (Å²) in [6.45, 7) is 4.69. The highest BCUT2D eigenvalue weighted by Gasteiger charge is 2.38. The maximum Gasteiger partial charge on any atom is 0.136 e. The van der Waals surface area contributed by atoms with E-state index < -0.39 is 0 Å². The van der Waals surface area contributed by atoms with Crippen LogP contribution in [0.2, 0.25) is 0 Å². The Morgan fingerprint density at radius 3 is 2.05 bits per heavy atom. The molecule has 0 saturated heterocycles. The Kier molecular flexibility index (Phi) is 3.67. The van der Waals surface area contributed by atoms with Crippen LogP contribution in [-0.4, -0.2) is 0 Å². The third-order valence-corrected chi connectivity index (χ3v) is 9.01. The van der Waals surface area contributed by atoms with Crippen molar-refractivity contribution in [2.45, 2.75) is 19.3 Å². The minimum absolute atomic E-state index is 0.113. The Bertz CT molecular complexity index is 2240. The topological polar surface area (TPSA) is 13.1 Å². The number of furan rings is 1. The molecule has 0 saturated carbocycles. The lowest BCUT2D eigenvalue weighted by Crippen LogP contribution is -2.14. The van der Waals surface area contributed by atoms with Crippen molar-refractivity contribution < 1.29 is 4.42 Å². The number of rotatable bonds is 1. The SMILES string of the molecule is CC1(C)c2ccccc2-c2c1cc1oc3ccccc3c1c2-c1ccc2ccc3cccc4ccc1c2c34. The number of benzene rings is 7. The summed E-state index contributed by atoms with van der Waals surface area (Å²) < 4.78 is 6.56. The molecule has 0 spiro atoms. The zero-order valence-electron chi connectivity index (χ0n) is 21.3. The average molecular weight is 485 g/mol. The fraction of sp³-hybridized carbons (Fsp3) is 0.0811. The zero-order chi connectivity index (χ0) is 25.2. The van der Waals surface area contributed by atoms with Crippen molar-refractivity contribution in [3.8, 4) is 22.3 Å². The second-order valence-corrected chi connectivity index (χ2v) is 11.3. The van der Waals surface area contributed by atoms with Gasteiger partial charge in [0.25, 0.3) is 0 Å². The Labute approximate surface area is 220 Å². The fourth-order valence-corrected chi connectivity index (χ4v) is 7.27. The first-order chi connectivity index (χ1) is 18.6. The molecule has 1 heterocycles. The van der Waals surface area contributed by atoms with Gasteiger partial charge in [-0.2, -0.15) is 0 Å². The van der Waals surface area contributed by atoms with Gasteiger partial charge in [-0.15, -0.1) is 0 Å². The van der Waals surface area contributed by atoms with Crippen LogP contribution in [0.4, 0.5) is 0 Å². The van der Waals surface area contributed by atoms with Gasteiger partial charge in [0.15, 0.2) is 0 Å². The molecule has 1 aromatic heterocycles. The second-order valence-electron chi connectivity index (χ2n) is 11.3. The maximum absolute atomic E-state index is 6.56. The Morgan fingerprint density at radius 1 is 0.474 bits per heavy atom. The van der Waals surface area contributed by atoms with Gasteiger partial charge in [-0.1, -0.05) is 111 Å². The van der Waals surface area contributed by atoms with Gasteiger partial charge in [-0.3, -0.25) is 0 Å². The summed E-state index contributed by atoms with van der Waals surface area (Å²) in [5.74, 6) is 0. The minimum Gasteiger partial charge on any atom is -0.456 e. The average Bonchev–Trinajstić information content (AvgIpc) is 3.43. The highest BCUT2D eigenvalue weighted by molar-refractivity contribution is 6.28. The molecule has 0 atom stereocenters. The fourth-order valence-electron chi connectivity index (χ4n) is 7.27. The molecule has 0 aliphatic heterocycles. The Balaban J connectivity index is 1.55. The third kappa shape index (κ3) is 2.38. The first kappa shape index (κ1) is 20.4. The second kappa shape index (κ2) is 6.82. The highest BCUT2D eigenvalue weighted by Crippen LogP contribution is 2.56. The Hall–Kier alpha value is -4.62. The van der Waals surface area contributed by atoms with Gasteiger partial charge < -0.3 is 4.42 Å². The molecule has 1 heteroatoms. The molecule has 0 radical (unpaired) electrons. The molecule has 8 aromatic rings. The minimum atomic E-state index is -0.113. The van der Waals surface area contributed by atoms with E-state index in [1.165, 1.54) is 76.5 Å². The monoisotopic (exact) mass is 484 g/mol. The summed E-state index contributed by atoms with van der Waals surface area (Å²) in [6, 6.07) is 40.1. The highest BCUT2D eigenvalue weighted by atomic mass is 16.3. The van der Waals surface area contributed by atoms with E-state index in [0.29, 0.717) is 0 Å². The van der Waals surface area contributed by atoms with Crippen molar-refractivity contribution in [3.05, 3.63) is 120 Å². The molecule has 0 fully saturated rings. The first-order valence-electron chi connectivity index (χ1n) is 13.4. The van der Waals surface area contributed by atoms with Gasteiger partial charge in [0, 0.05) is 21.8 Å². The van der Waals surface area contributed by atoms with Gasteiger partial charge in [-0.25, -0.2) is 0 Å². The van der Waals surface area contributed by atoms with Crippen LogP contribution in [0.5, 0.6) is 0 Å². The smallest absolute Gasteiger partial charge is 0.136 e. The molecule has 178 valence electrons. The first-order valence-corrected chi connectivity index (χ1v) is 13.4. The summed E-state index contributed by atoms with van der Waals surface area (Å²) in [7, 11) is 0. The van der Waals surface area contributed by atoms with Gasteiger partial charge in [0.2, 0.25) is 0 Å². The lowest BCUT2D eigenvalue weighted by atomic mass is 9.80.